The zero-order valence-electron chi connectivity index (χ0n) is 17.4. The lowest BCUT2D eigenvalue weighted by atomic mass is 10.2. The number of hydrogen-bond donors (Lipinski definition) is 4. The molecule has 0 unspecified atom stereocenters. The quantitative estimate of drug-likeness (QED) is 0.290. The van der Waals surface area contributed by atoms with Crippen molar-refractivity contribution < 1.29 is 57.4 Å². The summed E-state index contributed by atoms with van der Waals surface area (Å²) in [6, 6.07) is 0. The fourth-order valence-corrected chi connectivity index (χ4v) is 1.43. The van der Waals surface area contributed by atoms with E-state index in [1.165, 1.54) is 0 Å². The van der Waals surface area contributed by atoms with Crippen molar-refractivity contribution in [3.63, 3.8) is 0 Å². The molecule has 0 heterocycles. The van der Waals surface area contributed by atoms with Gasteiger partial charge < -0.3 is 40.2 Å². The molecule has 0 amide bonds. The molecule has 6 N–H and O–H groups in total. The highest BCUT2D eigenvalue weighted by Crippen LogP contribution is 1.94. The highest BCUT2D eigenvalue weighted by Gasteiger charge is 1.95. The van der Waals surface area contributed by atoms with Gasteiger partial charge in [0.25, 0.3) is 0 Å². The molecule has 0 aliphatic rings. The first kappa shape index (κ1) is 37.6. The minimum absolute atomic E-state index is 0. The molecule has 0 radical (unpaired) electrons. The molecule has 0 saturated heterocycles. The maximum Gasteiger partial charge on any atom is 0.303 e. The summed E-state index contributed by atoms with van der Waals surface area (Å²) in [5.74, 6) is -2.25. The van der Waals surface area contributed by atoms with E-state index < -0.39 is 17.9 Å². The molecule has 0 fully saturated rings. The maximum atomic E-state index is 9.92. The topological polar surface area (TPSA) is 199 Å². The lowest BCUT2D eigenvalue weighted by molar-refractivity contribution is -0.138. The summed E-state index contributed by atoms with van der Waals surface area (Å²) in [4.78, 5) is 37.6. The molecule has 29 heavy (non-hydrogen) atoms. The van der Waals surface area contributed by atoms with Crippen LogP contribution in [0.15, 0.2) is 0 Å². The van der Waals surface area contributed by atoms with Gasteiger partial charge in [0.2, 0.25) is 0 Å². The van der Waals surface area contributed by atoms with Crippen molar-refractivity contribution in [2.24, 2.45) is 0 Å². The Labute approximate surface area is 174 Å². The van der Waals surface area contributed by atoms with Crippen LogP contribution in [0.25, 0.3) is 0 Å². The number of methoxy groups -OCH3 is 2. The molecule has 180 valence electrons. The molecule has 0 bridgehead atoms. The lowest BCUT2D eigenvalue weighted by Gasteiger charge is -1.94. The normalized spacial score (nSPS) is 8.52. The maximum absolute atomic E-state index is 9.92. The molecule has 0 aromatic rings. The Balaban J connectivity index is -0.0000000512. The van der Waals surface area contributed by atoms with E-state index in [4.69, 9.17) is 34.7 Å². The predicted molar refractivity (Wildman–Crippen MR) is 110 cm³/mol. The molecule has 0 aliphatic carbocycles. The summed E-state index contributed by atoms with van der Waals surface area (Å²) in [5, 5.41) is 32.6. The largest absolute Gasteiger partial charge is 0.481 e. The van der Waals surface area contributed by atoms with Crippen LogP contribution in [0.1, 0.15) is 60.6 Å². The molecule has 0 spiro atoms. The van der Waals surface area contributed by atoms with Crippen LogP contribution in [0.2, 0.25) is 0 Å². The standard InChI is InChI=1S/2C6H12O3.C5H10O3.CH2O.H2O.2H2/c2*1-9-5-3-2-4-6(7)8;6-4-2-1-3-5(7)8;1-2;;;/h2*2-5H2,1H3,(H,7,8);6H,1-4H2,(H,7,8);1H2;1H2;2*1H. The Hall–Kier alpha value is -2.08. The zero-order valence-corrected chi connectivity index (χ0v) is 17.4. The molecule has 0 saturated carbocycles. The number of aliphatic hydroxyl groups excluding tert-OH is 1. The molecule has 11 nitrogen and oxygen atoms in total. The van der Waals surface area contributed by atoms with Crippen LogP contribution in [0.5, 0.6) is 0 Å². The smallest absolute Gasteiger partial charge is 0.303 e. The van der Waals surface area contributed by atoms with Crippen molar-refractivity contribution >= 4 is 24.7 Å². The summed E-state index contributed by atoms with van der Waals surface area (Å²) in [6.07, 6.45) is 4.93. The fourth-order valence-electron chi connectivity index (χ4n) is 1.43. The van der Waals surface area contributed by atoms with Crippen LogP contribution >= 0.6 is 0 Å². The van der Waals surface area contributed by atoms with E-state index >= 15 is 0 Å². The summed E-state index contributed by atoms with van der Waals surface area (Å²) in [5.41, 5.74) is 0. The highest BCUT2D eigenvalue weighted by molar-refractivity contribution is 5.67. The van der Waals surface area contributed by atoms with Crippen LogP contribution in [0.4, 0.5) is 0 Å². The number of rotatable bonds is 14. The van der Waals surface area contributed by atoms with Gasteiger partial charge in [0.05, 0.1) is 0 Å². The third-order valence-corrected chi connectivity index (χ3v) is 2.78. The molecular weight excluding hydrogens is 392 g/mol. The number of aliphatic hydroxyl groups is 1. The Kier molecular flexibility index (Phi) is 47.7. The second-order valence-corrected chi connectivity index (χ2v) is 5.26. The van der Waals surface area contributed by atoms with E-state index in [0.717, 1.165) is 12.8 Å². The van der Waals surface area contributed by atoms with Gasteiger partial charge >= 0.3 is 17.9 Å². The van der Waals surface area contributed by atoms with Crippen LogP contribution in [0, 0.1) is 0 Å². The summed E-state index contributed by atoms with van der Waals surface area (Å²) >= 11 is 0. The molecule has 0 rings (SSSR count). The first-order valence-corrected chi connectivity index (χ1v) is 8.84. The number of ether oxygens (including phenoxy) is 2. The van der Waals surface area contributed by atoms with Gasteiger partial charge in [-0.15, -0.1) is 0 Å². The van der Waals surface area contributed by atoms with Crippen molar-refractivity contribution in [1.82, 2.24) is 0 Å². The average molecular weight is 435 g/mol. The van der Waals surface area contributed by atoms with Crippen molar-refractivity contribution in [3.8, 4) is 0 Å². The zero-order chi connectivity index (χ0) is 22.6. The number of carboxylic acids is 3. The molecule has 0 atom stereocenters. The molecular formula is C18H42O11. The number of carbonyl (C=O) groups excluding carboxylic acids is 1. The number of hydrogen-bond acceptors (Lipinski definition) is 7. The fraction of sp³-hybridized carbons (Fsp3) is 0.778. The Morgan fingerprint density at radius 2 is 0.966 bits per heavy atom. The Morgan fingerprint density at radius 3 is 1.17 bits per heavy atom. The van der Waals surface area contributed by atoms with Crippen LogP contribution in [-0.2, 0) is 28.7 Å². The number of carboxylic acid groups (broad SMARTS) is 3. The summed E-state index contributed by atoms with van der Waals surface area (Å²) < 4.78 is 9.46. The monoisotopic (exact) mass is 434 g/mol. The number of aliphatic carboxylic acids is 3. The lowest BCUT2D eigenvalue weighted by Crippen LogP contribution is -1.95. The first-order chi connectivity index (χ1) is 13.3. The van der Waals surface area contributed by atoms with Crippen molar-refractivity contribution in [1.29, 1.82) is 0 Å². The predicted octanol–water partition coefficient (Wildman–Crippen LogP) is 1.49. The Bertz CT molecular complexity index is 337. The van der Waals surface area contributed by atoms with Crippen molar-refractivity contribution in [3.05, 3.63) is 0 Å². The van der Waals surface area contributed by atoms with Gasteiger partial charge in [0, 0.05) is 56.2 Å². The second kappa shape index (κ2) is 36.8. The van der Waals surface area contributed by atoms with Crippen molar-refractivity contribution in [2.45, 2.75) is 57.8 Å². The molecule has 11 heteroatoms. The van der Waals surface area contributed by atoms with Gasteiger partial charge in [-0.05, 0) is 38.5 Å². The van der Waals surface area contributed by atoms with E-state index in [1.807, 2.05) is 6.79 Å². The van der Waals surface area contributed by atoms with Gasteiger partial charge in [-0.2, -0.15) is 0 Å². The minimum Gasteiger partial charge on any atom is -0.481 e. The molecule has 0 aromatic carbocycles. The molecule has 0 aliphatic heterocycles. The van der Waals surface area contributed by atoms with Gasteiger partial charge in [-0.3, -0.25) is 14.4 Å². The summed E-state index contributed by atoms with van der Waals surface area (Å²) in [7, 11) is 3.22. The molecule has 0 aromatic heterocycles. The van der Waals surface area contributed by atoms with Gasteiger partial charge in [0.1, 0.15) is 6.79 Å². The average Bonchev–Trinajstić information content (AvgIpc) is 2.65. The van der Waals surface area contributed by atoms with Gasteiger partial charge in [-0.1, -0.05) is 0 Å². The van der Waals surface area contributed by atoms with Gasteiger partial charge in [-0.25, -0.2) is 0 Å². The van der Waals surface area contributed by atoms with Crippen molar-refractivity contribution in [2.75, 3.05) is 34.0 Å². The minimum atomic E-state index is -0.793. The summed E-state index contributed by atoms with van der Waals surface area (Å²) in [6.45, 7) is 3.41. The van der Waals surface area contributed by atoms with E-state index in [-0.39, 0.29) is 34.2 Å². The highest BCUT2D eigenvalue weighted by atomic mass is 16.5. The van der Waals surface area contributed by atoms with Gasteiger partial charge in [0.15, 0.2) is 0 Å². The van der Waals surface area contributed by atoms with E-state index in [1.54, 1.807) is 14.2 Å². The van der Waals surface area contributed by atoms with Crippen LogP contribution in [-0.4, -0.2) is 84.6 Å². The van der Waals surface area contributed by atoms with E-state index in [9.17, 15) is 14.4 Å². The van der Waals surface area contributed by atoms with Crippen LogP contribution in [0.3, 0.4) is 0 Å². The SMILES string of the molecule is C=O.COCCCCC(=O)O.COCCCCC(=O)O.O.O=C(O)CCCCO.[HH].[HH]. The van der Waals surface area contributed by atoms with E-state index in [2.05, 4.69) is 0 Å². The third-order valence-electron chi connectivity index (χ3n) is 2.78. The van der Waals surface area contributed by atoms with Crippen LogP contribution < -0.4 is 0 Å². The van der Waals surface area contributed by atoms with E-state index in [0.29, 0.717) is 38.9 Å². The Morgan fingerprint density at radius 1 is 0.690 bits per heavy atom. The number of unbranched alkanes of at least 4 members (excludes halogenated alkanes) is 3. The third kappa shape index (κ3) is 66.6. The number of carbonyl (C=O) groups is 4. The first-order valence-electron chi connectivity index (χ1n) is 8.84. The second-order valence-electron chi connectivity index (χ2n) is 5.26.